The molecule has 1 amide bonds. The van der Waals surface area contributed by atoms with Gasteiger partial charge in [-0.05, 0) is 42.1 Å². The highest BCUT2D eigenvalue weighted by atomic mass is 32.2. The van der Waals surface area contributed by atoms with E-state index in [1.807, 2.05) is 0 Å². The fourth-order valence-electron chi connectivity index (χ4n) is 1.86. The molecule has 0 saturated heterocycles. The Hall–Kier alpha value is -2.38. The van der Waals surface area contributed by atoms with Crippen LogP contribution in [0.5, 0.6) is 0 Å². The highest BCUT2D eigenvalue weighted by molar-refractivity contribution is 7.90. The van der Waals surface area contributed by atoms with Crippen molar-refractivity contribution in [3.63, 3.8) is 0 Å². The second-order valence-corrected chi connectivity index (χ2v) is 7.28. The van der Waals surface area contributed by atoms with Crippen LogP contribution in [0, 0.1) is 18.3 Å². The zero-order chi connectivity index (χ0) is 18.1. The second kappa shape index (κ2) is 6.26. The van der Waals surface area contributed by atoms with Crippen molar-refractivity contribution >= 4 is 27.3 Å². The fraction of sp³-hybridized carbons (Fsp3) is 0.143. The maximum absolute atomic E-state index is 12.9. The Morgan fingerprint density at radius 3 is 2.46 bits per heavy atom. The second-order valence-electron chi connectivity index (χ2n) is 4.68. The number of hydrogen-bond acceptors (Lipinski definition) is 5. The van der Waals surface area contributed by atoms with Crippen molar-refractivity contribution < 1.29 is 26.4 Å². The van der Waals surface area contributed by atoms with Gasteiger partial charge in [0.15, 0.2) is 0 Å². The molecule has 0 spiro atoms. The van der Waals surface area contributed by atoms with Gasteiger partial charge in [-0.25, -0.2) is 13.1 Å². The first-order chi connectivity index (χ1) is 11.1. The number of benzene rings is 1. The molecule has 1 heterocycles. The van der Waals surface area contributed by atoms with Gasteiger partial charge in [0.2, 0.25) is 0 Å². The maximum Gasteiger partial charge on any atom is 0.417 e. The van der Waals surface area contributed by atoms with Crippen molar-refractivity contribution in [1.82, 2.24) is 4.72 Å². The smallest absolute Gasteiger partial charge is 0.267 e. The van der Waals surface area contributed by atoms with E-state index in [2.05, 4.69) is 0 Å². The zero-order valence-corrected chi connectivity index (χ0v) is 13.6. The Labute approximate surface area is 139 Å². The SMILES string of the molecule is Cc1ccsc1C(=O)NS(=O)(=O)c1ccc(C#N)c(C(F)(F)F)c1. The molecule has 0 atom stereocenters. The summed E-state index contributed by atoms with van der Waals surface area (Å²) in [6, 6.07) is 4.87. The molecule has 1 aromatic carbocycles. The molecule has 0 bridgehead atoms. The number of aryl methyl sites for hydroxylation is 1. The van der Waals surface area contributed by atoms with Crippen LogP contribution in [0.2, 0.25) is 0 Å². The van der Waals surface area contributed by atoms with Gasteiger partial charge in [0.25, 0.3) is 15.9 Å². The standard InChI is InChI=1S/C14H9F3N2O3S2/c1-8-4-5-23-12(8)13(20)19-24(21,22)10-3-2-9(7-18)11(6-10)14(15,16)17/h2-6H,1H3,(H,19,20). The van der Waals surface area contributed by atoms with Crippen LogP contribution in [0.25, 0.3) is 0 Å². The minimum Gasteiger partial charge on any atom is -0.267 e. The Morgan fingerprint density at radius 1 is 1.29 bits per heavy atom. The Balaban J connectivity index is 2.42. The Bertz CT molecular complexity index is 941. The van der Waals surface area contributed by atoms with E-state index in [4.69, 9.17) is 5.26 Å². The number of halogens is 3. The molecule has 10 heteroatoms. The zero-order valence-electron chi connectivity index (χ0n) is 12.0. The molecule has 2 aromatic rings. The highest BCUT2D eigenvalue weighted by Crippen LogP contribution is 2.33. The van der Waals surface area contributed by atoms with E-state index in [0.29, 0.717) is 11.6 Å². The average molecular weight is 374 g/mol. The summed E-state index contributed by atoms with van der Waals surface area (Å²) in [7, 11) is -4.51. The van der Waals surface area contributed by atoms with E-state index >= 15 is 0 Å². The van der Waals surface area contributed by atoms with Crippen molar-refractivity contribution in [1.29, 1.82) is 5.26 Å². The number of rotatable bonds is 3. The summed E-state index contributed by atoms with van der Waals surface area (Å²) in [6.07, 6.45) is -4.90. The summed E-state index contributed by atoms with van der Waals surface area (Å²) in [5.74, 6) is -0.930. The fourth-order valence-corrected chi connectivity index (χ4v) is 3.72. The molecular weight excluding hydrogens is 365 g/mol. The molecule has 0 aliphatic carbocycles. The van der Waals surface area contributed by atoms with Crippen molar-refractivity contribution in [3.05, 3.63) is 51.2 Å². The van der Waals surface area contributed by atoms with Crippen LogP contribution in [0.1, 0.15) is 26.4 Å². The van der Waals surface area contributed by atoms with E-state index in [9.17, 15) is 26.4 Å². The van der Waals surface area contributed by atoms with Gasteiger partial charge in [0.1, 0.15) is 0 Å². The van der Waals surface area contributed by atoms with Gasteiger partial charge in [-0.1, -0.05) is 0 Å². The van der Waals surface area contributed by atoms with Gasteiger partial charge in [-0.3, -0.25) is 4.79 Å². The van der Waals surface area contributed by atoms with Crippen LogP contribution in [-0.2, 0) is 16.2 Å². The van der Waals surface area contributed by atoms with E-state index < -0.39 is 38.1 Å². The average Bonchev–Trinajstić information content (AvgIpc) is 2.91. The molecule has 0 fully saturated rings. The summed E-state index contributed by atoms with van der Waals surface area (Å²) >= 11 is 1.01. The molecule has 0 aliphatic rings. The lowest BCUT2D eigenvalue weighted by Gasteiger charge is -2.11. The minimum atomic E-state index is -4.90. The van der Waals surface area contributed by atoms with E-state index in [1.165, 1.54) is 6.07 Å². The molecule has 126 valence electrons. The number of thiophene rings is 1. The number of nitrogens with one attached hydrogen (secondary N) is 1. The summed E-state index contributed by atoms with van der Waals surface area (Å²) in [4.78, 5) is 11.4. The number of nitrogens with zero attached hydrogens (tertiary/aromatic N) is 1. The van der Waals surface area contributed by atoms with Gasteiger partial charge in [0, 0.05) is 0 Å². The highest BCUT2D eigenvalue weighted by Gasteiger charge is 2.35. The van der Waals surface area contributed by atoms with Crippen LogP contribution in [0.3, 0.4) is 0 Å². The van der Waals surface area contributed by atoms with Gasteiger partial charge in [0.05, 0.1) is 27.0 Å². The molecule has 1 aromatic heterocycles. The predicted molar refractivity (Wildman–Crippen MR) is 79.9 cm³/mol. The van der Waals surface area contributed by atoms with E-state index in [0.717, 1.165) is 23.5 Å². The first kappa shape index (κ1) is 18.0. The molecule has 0 saturated carbocycles. The lowest BCUT2D eigenvalue weighted by atomic mass is 10.1. The summed E-state index contributed by atoms with van der Waals surface area (Å²) < 4.78 is 64.8. The number of hydrogen-bond donors (Lipinski definition) is 1. The molecule has 1 N–H and O–H groups in total. The summed E-state index contributed by atoms with van der Waals surface area (Å²) in [5.41, 5.74) is -1.54. The van der Waals surface area contributed by atoms with Crippen LogP contribution < -0.4 is 4.72 Å². The Morgan fingerprint density at radius 2 is 1.96 bits per heavy atom. The number of carbonyl (C=O) groups excluding carboxylic acids is 1. The monoisotopic (exact) mass is 374 g/mol. The predicted octanol–water partition coefficient (Wildman–Crippen LogP) is 3.07. The summed E-state index contributed by atoms with van der Waals surface area (Å²) in [5, 5.41) is 10.3. The van der Waals surface area contributed by atoms with E-state index in [1.54, 1.807) is 23.1 Å². The van der Waals surface area contributed by atoms with E-state index in [-0.39, 0.29) is 4.88 Å². The van der Waals surface area contributed by atoms with Gasteiger partial charge in [-0.2, -0.15) is 18.4 Å². The molecule has 0 unspecified atom stereocenters. The van der Waals surface area contributed by atoms with Gasteiger partial charge >= 0.3 is 6.18 Å². The third kappa shape index (κ3) is 3.58. The van der Waals surface area contributed by atoms with Crippen molar-refractivity contribution in [2.24, 2.45) is 0 Å². The largest absolute Gasteiger partial charge is 0.417 e. The number of nitriles is 1. The molecule has 0 aliphatic heterocycles. The lowest BCUT2D eigenvalue weighted by Crippen LogP contribution is -2.30. The quantitative estimate of drug-likeness (QED) is 0.894. The number of alkyl halides is 3. The minimum absolute atomic E-state index is 0.142. The number of sulfonamides is 1. The lowest BCUT2D eigenvalue weighted by molar-refractivity contribution is -0.137. The Kier molecular flexibility index (Phi) is 4.68. The molecular formula is C14H9F3N2O3S2. The third-order valence-corrected chi connectivity index (χ3v) is 5.37. The van der Waals surface area contributed by atoms with Crippen LogP contribution in [-0.4, -0.2) is 14.3 Å². The molecule has 24 heavy (non-hydrogen) atoms. The van der Waals surface area contributed by atoms with Crippen LogP contribution in [0.15, 0.2) is 34.5 Å². The van der Waals surface area contributed by atoms with Crippen LogP contribution >= 0.6 is 11.3 Å². The molecule has 0 radical (unpaired) electrons. The van der Waals surface area contributed by atoms with Crippen LogP contribution in [0.4, 0.5) is 13.2 Å². The topological polar surface area (TPSA) is 87.0 Å². The number of amides is 1. The van der Waals surface area contributed by atoms with Crippen molar-refractivity contribution in [2.45, 2.75) is 18.0 Å². The summed E-state index contributed by atoms with van der Waals surface area (Å²) in [6.45, 7) is 1.60. The van der Waals surface area contributed by atoms with Crippen molar-refractivity contribution in [2.75, 3.05) is 0 Å². The van der Waals surface area contributed by atoms with Gasteiger partial charge in [-0.15, -0.1) is 11.3 Å². The van der Waals surface area contributed by atoms with Crippen molar-refractivity contribution in [3.8, 4) is 6.07 Å². The first-order valence-electron chi connectivity index (χ1n) is 6.29. The maximum atomic E-state index is 12.9. The van der Waals surface area contributed by atoms with Gasteiger partial charge < -0.3 is 0 Å². The number of carbonyl (C=O) groups is 1. The molecule has 5 nitrogen and oxygen atoms in total. The third-order valence-electron chi connectivity index (χ3n) is 3.02. The normalized spacial score (nSPS) is 11.8. The first-order valence-corrected chi connectivity index (χ1v) is 8.65. The molecule has 2 rings (SSSR count).